The van der Waals surface area contributed by atoms with E-state index in [1.54, 1.807) is 11.3 Å². The van der Waals surface area contributed by atoms with Crippen molar-refractivity contribution in [2.24, 2.45) is 0 Å². The minimum Gasteiger partial charge on any atom is -0.351 e. The van der Waals surface area contributed by atoms with Crippen molar-refractivity contribution in [3.63, 3.8) is 0 Å². The van der Waals surface area contributed by atoms with Crippen LogP contribution in [0.3, 0.4) is 0 Å². The van der Waals surface area contributed by atoms with Crippen LogP contribution in [0, 0.1) is 6.92 Å². The zero-order chi connectivity index (χ0) is 13.1. The molecule has 0 fully saturated rings. The van der Waals surface area contributed by atoms with Gasteiger partial charge < -0.3 is 9.88 Å². The molecule has 0 unspecified atom stereocenters. The van der Waals surface area contributed by atoms with E-state index in [0.29, 0.717) is 6.54 Å². The Kier molecular flexibility index (Phi) is 3.87. The molecule has 1 N–H and O–H groups in total. The van der Waals surface area contributed by atoms with Crippen LogP contribution in [-0.4, -0.2) is 17.0 Å². The lowest BCUT2D eigenvalue weighted by Crippen LogP contribution is -2.25. The minimum absolute atomic E-state index is 0.00283. The number of nitrogens with one attached hydrogen (secondary N) is 1. The number of aryl methyl sites for hydroxylation is 1. The zero-order valence-corrected chi connectivity index (χ0v) is 11.8. The molecule has 1 amide bonds. The van der Waals surface area contributed by atoms with Gasteiger partial charge in [0.15, 0.2) is 0 Å². The summed E-state index contributed by atoms with van der Waals surface area (Å²) >= 11 is 1.73. The topological polar surface area (TPSA) is 34.0 Å². The number of amides is 1. The number of fused-ring (bicyclic) bond motifs is 1. The second kappa shape index (κ2) is 5.40. The third kappa shape index (κ3) is 2.34. The number of allylic oxidation sites excluding steroid dienone is 2. The maximum Gasteiger partial charge on any atom is 0.267 e. The highest BCUT2D eigenvalue weighted by atomic mass is 32.1. The Morgan fingerprint density at radius 1 is 1.50 bits per heavy atom. The lowest BCUT2D eigenvalue weighted by molar-refractivity contribution is 0.0947. The molecule has 2 rings (SSSR count). The molecular weight excluding hydrogens is 244 g/mol. The largest absolute Gasteiger partial charge is 0.351 e. The molecule has 18 heavy (non-hydrogen) atoms. The van der Waals surface area contributed by atoms with Crippen molar-refractivity contribution < 1.29 is 4.79 Å². The van der Waals surface area contributed by atoms with Gasteiger partial charge in [0.2, 0.25) is 0 Å². The second-order valence-corrected chi connectivity index (χ2v) is 5.46. The molecule has 0 saturated carbocycles. The Morgan fingerprint density at radius 3 is 2.94 bits per heavy atom. The summed E-state index contributed by atoms with van der Waals surface area (Å²) in [4.78, 5) is 13.3. The summed E-state index contributed by atoms with van der Waals surface area (Å²) in [5, 5.41) is 2.86. The van der Waals surface area contributed by atoms with Crippen LogP contribution in [0.5, 0.6) is 0 Å². The number of carbonyl (C=O) groups is 1. The van der Waals surface area contributed by atoms with Crippen molar-refractivity contribution in [2.75, 3.05) is 6.54 Å². The quantitative estimate of drug-likeness (QED) is 0.842. The number of hydrogen-bond donors (Lipinski definition) is 1. The third-order valence-electron chi connectivity index (χ3n) is 2.81. The minimum atomic E-state index is 0.00283. The summed E-state index contributed by atoms with van der Waals surface area (Å²) in [5.41, 5.74) is 1.90. The van der Waals surface area contributed by atoms with E-state index in [-0.39, 0.29) is 5.91 Å². The molecule has 0 saturated heterocycles. The fourth-order valence-corrected chi connectivity index (χ4v) is 2.97. The van der Waals surface area contributed by atoms with Gasteiger partial charge >= 0.3 is 0 Å². The van der Waals surface area contributed by atoms with Crippen molar-refractivity contribution in [2.45, 2.75) is 27.3 Å². The average Bonchev–Trinajstić information content (AvgIpc) is 2.83. The molecular formula is C14H18N2OS. The molecule has 2 heterocycles. The fourth-order valence-electron chi connectivity index (χ4n) is 2.01. The highest BCUT2D eigenvalue weighted by Crippen LogP contribution is 2.28. The van der Waals surface area contributed by atoms with E-state index in [2.05, 4.69) is 29.0 Å². The maximum absolute atomic E-state index is 12.0. The molecule has 0 spiro atoms. The molecule has 0 atom stereocenters. The van der Waals surface area contributed by atoms with Crippen LogP contribution >= 0.6 is 11.3 Å². The predicted octanol–water partition coefficient (Wildman–Crippen LogP) is 3.34. The number of rotatable bonds is 4. The molecule has 3 nitrogen and oxygen atoms in total. The Bertz CT molecular complexity index is 592. The van der Waals surface area contributed by atoms with Gasteiger partial charge in [-0.1, -0.05) is 12.2 Å². The van der Waals surface area contributed by atoms with E-state index in [4.69, 9.17) is 0 Å². The van der Waals surface area contributed by atoms with Gasteiger partial charge in [-0.2, -0.15) is 0 Å². The number of nitrogens with zero attached hydrogens (tertiary/aromatic N) is 1. The number of thiophene rings is 1. The fraction of sp³-hybridized carbons (Fsp3) is 0.357. The molecule has 0 bridgehead atoms. The Hall–Kier alpha value is -1.55. The Labute approximate surface area is 111 Å². The Balaban J connectivity index is 2.50. The standard InChI is InChI=1S/C14H18N2OS/c1-4-6-7-16-11-8-10(3)18-13(11)9-12(16)14(17)15-5-2/h4,6,8-9H,5,7H2,1-3H3,(H,15,17)/b6-4+. The van der Waals surface area contributed by atoms with Gasteiger partial charge in [0, 0.05) is 18.0 Å². The van der Waals surface area contributed by atoms with Gasteiger partial charge in [0.05, 0.1) is 10.2 Å². The first-order chi connectivity index (χ1) is 8.67. The molecule has 2 aromatic heterocycles. The Morgan fingerprint density at radius 2 is 2.28 bits per heavy atom. The SMILES string of the molecule is C/C=C/Cn1c(C(=O)NCC)cc2sc(C)cc21. The number of hydrogen-bond acceptors (Lipinski definition) is 2. The second-order valence-electron chi connectivity index (χ2n) is 4.18. The monoisotopic (exact) mass is 262 g/mol. The maximum atomic E-state index is 12.0. The summed E-state index contributed by atoms with van der Waals surface area (Å²) in [6, 6.07) is 4.13. The van der Waals surface area contributed by atoms with Crippen molar-refractivity contribution in [1.29, 1.82) is 0 Å². The summed E-state index contributed by atoms with van der Waals surface area (Å²) < 4.78 is 3.25. The van der Waals surface area contributed by atoms with E-state index in [9.17, 15) is 4.79 Å². The van der Waals surface area contributed by atoms with Gasteiger partial charge in [0.25, 0.3) is 5.91 Å². The average molecular weight is 262 g/mol. The summed E-state index contributed by atoms with van der Waals surface area (Å²) in [7, 11) is 0. The van der Waals surface area contributed by atoms with E-state index < -0.39 is 0 Å². The van der Waals surface area contributed by atoms with Crippen LogP contribution in [0.15, 0.2) is 24.3 Å². The summed E-state index contributed by atoms with van der Waals surface area (Å²) in [6.07, 6.45) is 4.07. The normalized spacial score (nSPS) is 11.5. The van der Waals surface area contributed by atoms with Crippen LogP contribution < -0.4 is 5.32 Å². The third-order valence-corrected chi connectivity index (χ3v) is 3.79. The van der Waals surface area contributed by atoms with Crippen LogP contribution in [0.4, 0.5) is 0 Å². The van der Waals surface area contributed by atoms with Gasteiger partial charge in [-0.05, 0) is 32.9 Å². The van der Waals surface area contributed by atoms with Crippen LogP contribution in [-0.2, 0) is 6.54 Å². The summed E-state index contributed by atoms with van der Waals surface area (Å²) in [6.45, 7) is 7.41. The van der Waals surface area contributed by atoms with E-state index >= 15 is 0 Å². The highest BCUT2D eigenvalue weighted by Gasteiger charge is 2.15. The molecule has 0 aliphatic heterocycles. The first-order valence-corrected chi connectivity index (χ1v) is 6.98. The molecule has 0 aliphatic carbocycles. The smallest absolute Gasteiger partial charge is 0.267 e. The number of aromatic nitrogens is 1. The molecule has 0 aliphatic rings. The summed E-state index contributed by atoms with van der Waals surface area (Å²) in [5.74, 6) is 0.00283. The first-order valence-electron chi connectivity index (χ1n) is 6.16. The van der Waals surface area contributed by atoms with E-state index in [0.717, 1.165) is 17.8 Å². The molecule has 0 radical (unpaired) electrons. The lowest BCUT2D eigenvalue weighted by Gasteiger charge is -2.07. The zero-order valence-electron chi connectivity index (χ0n) is 11.0. The van der Waals surface area contributed by atoms with Crippen molar-refractivity contribution >= 4 is 27.5 Å². The highest BCUT2D eigenvalue weighted by molar-refractivity contribution is 7.19. The van der Waals surface area contributed by atoms with Gasteiger partial charge in [0.1, 0.15) is 5.69 Å². The number of carbonyl (C=O) groups excluding carboxylic acids is 1. The van der Waals surface area contributed by atoms with Gasteiger partial charge in [-0.3, -0.25) is 4.79 Å². The van der Waals surface area contributed by atoms with Crippen LogP contribution in [0.25, 0.3) is 10.2 Å². The first kappa shape index (κ1) is 12.9. The van der Waals surface area contributed by atoms with Gasteiger partial charge in [-0.15, -0.1) is 11.3 Å². The van der Waals surface area contributed by atoms with Gasteiger partial charge in [-0.25, -0.2) is 0 Å². The molecule has 4 heteroatoms. The van der Waals surface area contributed by atoms with E-state index in [1.165, 1.54) is 9.58 Å². The molecule has 96 valence electrons. The van der Waals surface area contributed by atoms with Crippen LogP contribution in [0.2, 0.25) is 0 Å². The predicted molar refractivity (Wildman–Crippen MR) is 77.4 cm³/mol. The lowest BCUT2D eigenvalue weighted by atomic mass is 10.4. The van der Waals surface area contributed by atoms with Crippen molar-refractivity contribution in [3.8, 4) is 0 Å². The molecule has 2 aromatic rings. The molecule has 0 aromatic carbocycles. The van der Waals surface area contributed by atoms with Crippen molar-refractivity contribution in [3.05, 3.63) is 34.9 Å². The van der Waals surface area contributed by atoms with Crippen molar-refractivity contribution in [1.82, 2.24) is 9.88 Å². The van der Waals surface area contributed by atoms with Crippen LogP contribution in [0.1, 0.15) is 29.2 Å². The van der Waals surface area contributed by atoms with E-state index in [1.807, 2.05) is 26.0 Å².